The second kappa shape index (κ2) is 26.7. The van der Waals surface area contributed by atoms with Gasteiger partial charge in [0.2, 0.25) is 0 Å². The largest absolute Gasteiger partial charge is 0.205 e. The van der Waals surface area contributed by atoms with E-state index in [0.717, 1.165) is 22.6 Å². The number of rotatable bonds is 32. The molecule has 0 saturated carbocycles. The Bertz CT molecular complexity index is 1700. The third-order valence-corrected chi connectivity index (χ3v) is 17.0. The number of hydrogen-bond acceptors (Lipinski definition) is 4. The minimum Gasteiger partial charge on any atom is -0.205 e. The van der Waals surface area contributed by atoms with Gasteiger partial charge in [0, 0.05) is 40.0 Å². The first-order valence-corrected chi connectivity index (χ1v) is 27.2. The summed E-state index contributed by atoms with van der Waals surface area (Å²) in [5.74, 6) is -0.512. The summed E-state index contributed by atoms with van der Waals surface area (Å²) in [6.45, 7) is 8.90. The Labute approximate surface area is 368 Å². The molecule has 0 fully saturated rings. The van der Waals surface area contributed by atoms with Gasteiger partial charge in [0.15, 0.2) is 0 Å². The zero-order chi connectivity index (χ0) is 41.0. The van der Waals surface area contributed by atoms with Gasteiger partial charge in [-0.15, -0.1) is 45.3 Å². The van der Waals surface area contributed by atoms with Gasteiger partial charge in [-0.3, -0.25) is 0 Å². The number of thiophene rings is 4. The second-order valence-electron chi connectivity index (χ2n) is 17.5. The monoisotopic (exact) mass is 866 g/mol. The fraction of sp³-hybridized carbons (Fsp3) is 0.654. The molecule has 0 radical (unpaired) electrons. The van der Waals surface area contributed by atoms with Crippen LogP contribution in [0.1, 0.15) is 215 Å². The Kier molecular flexibility index (Phi) is 21.8. The van der Waals surface area contributed by atoms with E-state index in [0.29, 0.717) is 20.2 Å². The highest BCUT2D eigenvalue weighted by Gasteiger charge is 2.23. The third-order valence-electron chi connectivity index (χ3n) is 12.2. The topological polar surface area (TPSA) is 0 Å². The van der Waals surface area contributed by atoms with E-state index >= 15 is 8.78 Å². The summed E-state index contributed by atoms with van der Waals surface area (Å²) in [5.41, 5.74) is 2.69. The lowest BCUT2D eigenvalue weighted by Crippen LogP contribution is -1.87. The summed E-state index contributed by atoms with van der Waals surface area (Å²) in [4.78, 5) is 6.98. The molecule has 322 valence electrons. The van der Waals surface area contributed by atoms with E-state index in [4.69, 9.17) is 0 Å². The van der Waals surface area contributed by atoms with Gasteiger partial charge in [-0.1, -0.05) is 181 Å². The molecule has 0 N–H and O–H groups in total. The van der Waals surface area contributed by atoms with Crippen molar-refractivity contribution in [3.8, 4) is 19.5 Å². The van der Waals surface area contributed by atoms with Crippen molar-refractivity contribution in [3.05, 3.63) is 56.8 Å². The van der Waals surface area contributed by atoms with Crippen LogP contribution in [-0.2, 0) is 12.8 Å². The Morgan fingerprint density at radius 3 is 0.931 bits per heavy atom. The highest BCUT2D eigenvalue weighted by Crippen LogP contribution is 2.48. The maximum Gasteiger partial charge on any atom is 0.149 e. The predicted octanol–water partition coefficient (Wildman–Crippen LogP) is 20.5. The van der Waals surface area contributed by atoms with Crippen LogP contribution in [0.15, 0.2) is 24.3 Å². The molecule has 0 aliphatic heterocycles. The summed E-state index contributed by atoms with van der Waals surface area (Å²) >= 11 is 6.43. The SMILES string of the molecule is CCCCCCCCCCCCCCCCc1cc(C)sc1-c1cc2c(F)c3sc(-c4sc(C)cc4CCCCCCCCCCCCCCCC)cc3c(F)c2s1. The second-order valence-corrected chi connectivity index (χ2v) is 22.1. The minimum absolute atomic E-state index is 0.256. The smallest absolute Gasteiger partial charge is 0.149 e. The highest BCUT2D eigenvalue weighted by molar-refractivity contribution is 7.27. The molecule has 5 rings (SSSR count). The fourth-order valence-corrected chi connectivity index (χ4v) is 13.5. The zero-order valence-electron chi connectivity index (χ0n) is 36.9. The number of aryl methyl sites for hydroxylation is 4. The summed E-state index contributed by atoms with van der Waals surface area (Å²) < 4.78 is 33.6. The van der Waals surface area contributed by atoms with Gasteiger partial charge in [0.05, 0.1) is 9.40 Å². The van der Waals surface area contributed by atoms with Gasteiger partial charge in [0.25, 0.3) is 0 Å². The lowest BCUT2D eigenvalue weighted by molar-refractivity contribution is 0.535. The van der Waals surface area contributed by atoms with Crippen LogP contribution in [0.2, 0.25) is 0 Å². The van der Waals surface area contributed by atoms with Crippen LogP contribution in [0, 0.1) is 25.5 Å². The maximum atomic E-state index is 16.4. The lowest BCUT2D eigenvalue weighted by atomic mass is 10.0. The molecule has 5 aromatic rings. The number of hydrogen-bond donors (Lipinski definition) is 0. The fourth-order valence-electron chi connectivity index (χ4n) is 8.84. The van der Waals surface area contributed by atoms with Crippen molar-refractivity contribution in [2.24, 2.45) is 0 Å². The molecule has 4 heterocycles. The highest BCUT2D eigenvalue weighted by atomic mass is 32.1. The predicted molar refractivity (Wildman–Crippen MR) is 261 cm³/mol. The first-order valence-electron chi connectivity index (χ1n) is 23.9. The van der Waals surface area contributed by atoms with Crippen LogP contribution in [0.3, 0.4) is 0 Å². The lowest BCUT2D eigenvalue weighted by Gasteiger charge is -2.04. The van der Waals surface area contributed by atoms with Crippen LogP contribution in [0.4, 0.5) is 8.78 Å². The van der Waals surface area contributed by atoms with E-state index in [1.54, 1.807) is 22.7 Å². The summed E-state index contributed by atoms with van der Waals surface area (Å²) in [6.07, 6.45) is 40.2. The maximum absolute atomic E-state index is 16.4. The molecule has 1 aromatic carbocycles. The molecule has 0 nitrogen and oxygen atoms in total. The van der Waals surface area contributed by atoms with Gasteiger partial charge in [-0.05, 0) is 74.9 Å². The Morgan fingerprint density at radius 2 is 0.638 bits per heavy atom. The Balaban J connectivity index is 1.09. The van der Waals surface area contributed by atoms with Gasteiger partial charge < -0.3 is 0 Å². The Morgan fingerprint density at radius 1 is 0.362 bits per heavy atom. The molecule has 58 heavy (non-hydrogen) atoms. The van der Waals surface area contributed by atoms with Crippen molar-refractivity contribution in [2.75, 3.05) is 0 Å². The normalized spacial score (nSPS) is 12.0. The molecular formula is C52H76F2S4. The molecular weight excluding hydrogens is 791 g/mol. The van der Waals surface area contributed by atoms with E-state index < -0.39 is 0 Å². The molecule has 0 aliphatic rings. The van der Waals surface area contributed by atoms with E-state index in [-0.39, 0.29) is 11.6 Å². The van der Waals surface area contributed by atoms with Crippen LogP contribution < -0.4 is 0 Å². The molecule has 0 aliphatic carbocycles. The van der Waals surface area contributed by atoms with Crippen molar-refractivity contribution >= 4 is 65.5 Å². The quantitative estimate of drug-likeness (QED) is 0.0378. The average Bonchev–Trinajstić information content (AvgIpc) is 4.02. The number of fused-ring (bicyclic) bond motifs is 2. The minimum atomic E-state index is -0.256. The molecule has 0 saturated heterocycles. The van der Waals surface area contributed by atoms with Crippen LogP contribution in [-0.4, -0.2) is 0 Å². The summed E-state index contributed by atoms with van der Waals surface area (Å²) in [7, 11) is 0. The van der Waals surface area contributed by atoms with Gasteiger partial charge in [-0.25, -0.2) is 8.78 Å². The van der Waals surface area contributed by atoms with Gasteiger partial charge >= 0.3 is 0 Å². The molecule has 0 bridgehead atoms. The molecule has 0 atom stereocenters. The van der Waals surface area contributed by atoms with Crippen LogP contribution in [0.25, 0.3) is 39.7 Å². The van der Waals surface area contributed by atoms with Crippen molar-refractivity contribution in [2.45, 2.75) is 220 Å². The van der Waals surface area contributed by atoms with E-state index in [1.165, 1.54) is 233 Å². The molecule has 0 unspecified atom stereocenters. The first kappa shape index (κ1) is 47.4. The Hall–Kier alpha value is -1.60. The zero-order valence-corrected chi connectivity index (χ0v) is 40.2. The number of halogens is 2. The van der Waals surface area contributed by atoms with Crippen molar-refractivity contribution < 1.29 is 8.78 Å². The first-order chi connectivity index (χ1) is 28.4. The average molecular weight is 867 g/mol. The molecule has 4 aromatic heterocycles. The summed E-state index contributed by atoms with van der Waals surface area (Å²) in [6, 6.07) is 8.49. The standard InChI is InChI=1S/C52H76F2S4/c1-5-7-9-11-13-15-17-19-21-23-25-27-29-31-33-41-35-39(3)55-49(41)45-37-43-47(53)52-44(48(54)51(43)57-45)38-46(58-52)50-42(36-40(4)56-50)34-32-30-28-26-24-22-20-18-16-14-12-10-8-6-2/h35-38H,5-34H2,1-4H3. The molecule has 0 amide bonds. The van der Waals surface area contributed by atoms with Crippen LogP contribution in [0.5, 0.6) is 0 Å². The molecule has 0 spiro atoms. The van der Waals surface area contributed by atoms with E-state index in [9.17, 15) is 0 Å². The molecule has 6 heteroatoms. The number of unbranched alkanes of at least 4 members (excludes halogenated alkanes) is 26. The van der Waals surface area contributed by atoms with Crippen molar-refractivity contribution in [3.63, 3.8) is 0 Å². The number of benzene rings is 1. The third kappa shape index (κ3) is 14.8. The summed E-state index contributed by atoms with van der Waals surface area (Å²) in [5, 5.41) is 0.883. The van der Waals surface area contributed by atoms with E-state index in [2.05, 4.69) is 39.8 Å². The van der Waals surface area contributed by atoms with Gasteiger partial charge in [-0.2, -0.15) is 0 Å². The van der Waals surface area contributed by atoms with Gasteiger partial charge in [0.1, 0.15) is 11.6 Å². The van der Waals surface area contributed by atoms with Crippen molar-refractivity contribution in [1.29, 1.82) is 0 Å². The van der Waals surface area contributed by atoms with Crippen LogP contribution >= 0.6 is 45.3 Å². The van der Waals surface area contributed by atoms with E-state index in [1.807, 2.05) is 12.1 Å². The van der Waals surface area contributed by atoms with Crippen molar-refractivity contribution in [1.82, 2.24) is 0 Å².